The number of rotatable bonds is 4. The van der Waals surface area contributed by atoms with E-state index in [0.717, 1.165) is 17.8 Å². The van der Waals surface area contributed by atoms with Crippen LogP contribution in [0.1, 0.15) is 38.6 Å². The van der Waals surface area contributed by atoms with Crippen LogP contribution in [-0.2, 0) is 5.41 Å². The van der Waals surface area contributed by atoms with Crippen LogP contribution in [0.2, 0.25) is 0 Å². The van der Waals surface area contributed by atoms with E-state index in [0.29, 0.717) is 17.6 Å². The van der Waals surface area contributed by atoms with Crippen molar-refractivity contribution in [2.45, 2.75) is 45.1 Å². The number of anilines is 1. The standard InChI is InChI=1S/C13H22N4O2S/c1-13(2,3)10-15-16-11(20-10)14-12(19)17(4)7-9(18)8-5-6-8/h8-9,18H,5-7H2,1-4H3,(H,14,16,19). The fourth-order valence-corrected chi connectivity index (χ4v) is 2.55. The summed E-state index contributed by atoms with van der Waals surface area (Å²) in [6, 6.07) is -0.263. The Morgan fingerprint density at radius 3 is 2.65 bits per heavy atom. The molecule has 1 aliphatic carbocycles. The zero-order valence-electron chi connectivity index (χ0n) is 12.4. The van der Waals surface area contributed by atoms with Gasteiger partial charge in [0.1, 0.15) is 5.01 Å². The number of aliphatic hydroxyl groups is 1. The third-order valence-electron chi connectivity index (χ3n) is 3.25. The summed E-state index contributed by atoms with van der Waals surface area (Å²) >= 11 is 1.38. The molecule has 1 saturated carbocycles. The summed E-state index contributed by atoms with van der Waals surface area (Å²) in [6.45, 7) is 6.51. The number of likely N-dealkylation sites (N-methyl/N-ethyl adjacent to an activating group) is 1. The lowest BCUT2D eigenvalue weighted by Gasteiger charge is -2.20. The highest BCUT2D eigenvalue weighted by Crippen LogP contribution is 2.33. The molecule has 7 heteroatoms. The van der Waals surface area contributed by atoms with Gasteiger partial charge in [-0.3, -0.25) is 5.32 Å². The van der Waals surface area contributed by atoms with Crippen molar-refractivity contribution in [2.24, 2.45) is 5.92 Å². The van der Waals surface area contributed by atoms with Gasteiger partial charge >= 0.3 is 6.03 Å². The number of hydrogen-bond donors (Lipinski definition) is 2. The van der Waals surface area contributed by atoms with Gasteiger partial charge in [-0.05, 0) is 18.8 Å². The molecule has 1 atom stereocenters. The lowest BCUT2D eigenvalue weighted by Crippen LogP contribution is -2.37. The van der Waals surface area contributed by atoms with Crippen molar-refractivity contribution in [1.29, 1.82) is 0 Å². The van der Waals surface area contributed by atoms with E-state index in [4.69, 9.17) is 0 Å². The highest BCUT2D eigenvalue weighted by Gasteiger charge is 2.31. The molecule has 6 nitrogen and oxygen atoms in total. The maximum Gasteiger partial charge on any atom is 0.323 e. The Labute approximate surface area is 123 Å². The molecule has 0 aromatic carbocycles. The van der Waals surface area contributed by atoms with Crippen molar-refractivity contribution in [1.82, 2.24) is 15.1 Å². The minimum absolute atomic E-state index is 0.0747. The van der Waals surface area contributed by atoms with Gasteiger partial charge in [-0.15, -0.1) is 10.2 Å². The average Bonchev–Trinajstić information content (AvgIpc) is 3.08. The first-order valence-corrected chi connectivity index (χ1v) is 7.63. The highest BCUT2D eigenvalue weighted by molar-refractivity contribution is 7.15. The third kappa shape index (κ3) is 3.89. The Kier molecular flexibility index (Phi) is 4.29. The van der Waals surface area contributed by atoms with Crippen LogP contribution < -0.4 is 5.32 Å². The van der Waals surface area contributed by atoms with E-state index in [-0.39, 0.29) is 11.4 Å². The van der Waals surface area contributed by atoms with Crippen LogP contribution >= 0.6 is 11.3 Å². The minimum Gasteiger partial charge on any atom is -0.391 e. The van der Waals surface area contributed by atoms with Gasteiger partial charge in [0, 0.05) is 19.0 Å². The molecule has 2 rings (SSSR count). The lowest BCUT2D eigenvalue weighted by molar-refractivity contribution is 0.117. The molecule has 1 fully saturated rings. The first kappa shape index (κ1) is 15.2. The molecule has 0 radical (unpaired) electrons. The predicted molar refractivity (Wildman–Crippen MR) is 79.0 cm³/mol. The molecule has 0 saturated heterocycles. The summed E-state index contributed by atoms with van der Waals surface area (Å²) in [5.41, 5.74) is -0.0747. The van der Waals surface area contributed by atoms with Crippen molar-refractivity contribution in [3.8, 4) is 0 Å². The van der Waals surface area contributed by atoms with Gasteiger partial charge in [0.15, 0.2) is 0 Å². The monoisotopic (exact) mass is 298 g/mol. The van der Waals surface area contributed by atoms with Crippen LogP contribution in [0.25, 0.3) is 0 Å². The molecule has 20 heavy (non-hydrogen) atoms. The SMILES string of the molecule is CN(CC(O)C1CC1)C(=O)Nc1nnc(C(C)(C)C)s1. The van der Waals surface area contributed by atoms with Crippen molar-refractivity contribution in [3.05, 3.63) is 5.01 Å². The first-order valence-electron chi connectivity index (χ1n) is 6.81. The van der Waals surface area contributed by atoms with Gasteiger partial charge in [-0.25, -0.2) is 4.79 Å². The van der Waals surface area contributed by atoms with E-state index in [1.165, 1.54) is 16.2 Å². The molecule has 1 aromatic rings. The van der Waals surface area contributed by atoms with Crippen molar-refractivity contribution >= 4 is 22.5 Å². The molecule has 1 unspecified atom stereocenters. The zero-order chi connectivity index (χ0) is 14.9. The number of carbonyl (C=O) groups is 1. The number of nitrogens with zero attached hydrogens (tertiary/aromatic N) is 3. The van der Waals surface area contributed by atoms with E-state index < -0.39 is 6.10 Å². The Hall–Kier alpha value is -1.21. The van der Waals surface area contributed by atoms with Crippen molar-refractivity contribution in [3.63, 3.8) is 0 Å². The maximum absolute atomic E-state index is 12.0. The smallest absolute Gasteiger partial charge is 0.323 e. The number of aliphatic hydroxyl groups excluding tert-OH is 1. The van der Waals surface area contributed by atoms with E-state index in [9.17, 15) is 9.90 Å². The number of nitrogens with one attached hydrogen (secondary N) is 1. The molecule has 2 N–H and O–H groups in total. The van der Waals surface area contributed by atoms with Gasteiger partial charge in [0.25, 0.3) is 0 Å². The molecule has 0 bridgehead atoms. The first-order chi connectivity index (χ1) is 9.27. The van der Waals surface area contributed by atoms with Crippen LogP contribution in [0.3, 0.4) is 0 Å². The maximum atomic E-state index is 12.0. The van der Waals surface area contributed by atoms with E-state index >= 15 is 0 Å². The average molecular weight is 298 g/mol. The lowest BCUT2D eigenvalue weighted by atomic mass is 9.98. The Morgan fingerprint density at radius 2 is 2.15 bits per heavy atom. The van der Waals surface area contributed by atoms with Gasteiger partial charge < -0.3 is 10.0 Å². The number of hydrogen-bond acceptors (Lipinski definition) is 5. The summed E-state index contributed by atoms with van der Waals surface area (Å²) in [5, 5.41) is 22.0. The molecule has 0 aliphatic heterocycles. The quantitative estimate of drug-likeness (QED) is 0.892. The Morgan fingerprint density at radius 1 is 1.50 bits per heavy atom. The van der Waals surface area contributed by atoms with Crippen LogP contribution in [0.5, 0.6) is 0 Å². The second-order valence-corrected chi connectivity index (χ2v) is 7.36. The number of urea groups is 1. The highest BCUT2D eigenvalue weighted by atomic mass is 32.1. The van der Waals surface area contributed by atoms with Gasteiger partial charge in [0.05, 0.1) is 6.10 Å². The summed E-state index contributed by atoms with van der Waals surface area (Å²) in [5.74, 6) is 0.360. The molecule has 1 heterocycles. The minimum atomic E-state index is -0.426. The Bertz CT molecular complexity index is 479. The van der Waals surface area contributed by atoms with Gasteiger partial charge in [-0.1, -0.05) is 32.1 Å². The Balaban J connectivity index is 1.88. The van der Waals surface area contributed by atoms with Gasteiger partial charge in [-0.2, -0.15) is 0 Å². The fraction of sp³-hybridized carbons (Fsp3) is 0.769. The molecular weight excluding hydrogens is 276 g/mol. The second-order valence-electron chi connectivity index (χ2n) is 6.38. The fourth-order valence-electron chi connectivity index (χ4n) is 1.76. The number of carbonyl (C=O) groups excluding carboxylic acids is 1. The van der Waals surface area contributed by atoms with E-state index in [1.807, 2.05) is 0 Å². The molecule has 1 aliphatic rings. The molecule has 1 aromatic heterocycles. The summed E-state index contributed by atoms with van der Waals surface area (Å²) in [6.07, 6.45) is 1.69. The second kappa shape index (κ2) is 5.65. The van der Waals surface area contributed by atoms with E-state index in [1.54, 1.807) is 7.05 Å². The molecular formula is C13H22N4O2S. The van der Waals surface area contributed by atoms with Crippen molar-refractivity contribution < 1.29 is 9.90 Å². The van der Waals surface area contributed by atoms with E-state index in [2.05, 4.69) is 36.3 Å². The summed E-state index contributed by atoms with van der Waals surface area (Å²) in [7, 11) is 1.67. The van der Waals surface area contributed by atoms with Crippen LogP contribution in [-0.4, -0.2) is 45.9 Å². The summed E-state index contributed by atoms with van der Waals surface area (Å²) in [4.78, 5) is 13.5. The number of amides is 2. The molecule has 0 spiro atoms. The van der Waals surface area contributed by atoms with Gasteiger partial charge in [0.2, 0.25) is 5.13 Å². The summed E-state index contributed by atoms with van der Waals surface area (Å²) < 4.78 is 0. The van der Waals surface area contributed by atoms with Crippen LogP contribution in [0, 0.1) is 5.92 Å². The third-order valence-corrected chi connectivity index (χ3v) is 4.52. The molecule has 2 amide bonds. The topological polar surface area (TPSA) is 78.4 Å². The normalized spacial score (nSPS) is 16.9. The largest absolute Gasteiger partial charge is 0.391 e. The van der Waals surface area contributed by atoms with Crippen LogP contribution in [0.4, 0.5) is 9.93 Å². The number of aromatic nitrogens is 2. The predicted octanol–water partition coefficient (Wildman–Crippen LogP) is 2.07. The molecule has 112 valence electrons. The van der Waals surface area contributed by atoms with Crippen LogP contribution in [0.15, 0.2) is 0 Å². The van der Waals surface area contributed by atoms with Crippen molar-refractivity contribution in [2.75, 3.05) is 18.9 Å². The zero-order valence-corrected chi connectivity index (χ0v) is 13.2.